The molecular formula is C14H16N2O3S. The summed E-state index contributed by atoms with van der Waals surface area (Å²) < 4.78 is 0. The Balaban J connectivity index is 2.33. The van der Waals surface area contributed by atoms with Gasteiger partial charge in [0.2, 0.25) is 0 Å². The molecule has 106 valence electrons. The first-order valence-corrected chi connectivity index (χ1v) is 7.16. The lowest BCUT2D eigenvalue weighted by molar-refractivity contribution is -0.122. The van der Waals surface area contributed by atoms with E-state index in [0.29, 0.717) is 28.7 Å². The topological polar surface area (TPSA) is 73.1 Å². The molecule has 0 unspecified atom stereocenters. The first-order valence-electron chi connectivity index (χ1n) is 6.34. The van der Waals surface area contributed by atoms with Gasteiger partial charge in [-0.1, -0.05) is 6.07 Å². The molecule has 6 heteroatoms. The average molecular weight is 292 g/mol. The summed E-state index contributed by atoms with van der Waals surface area (Å²) in [7, 11) is 0. The highest BCUT2D eigenvalue weighted by Crippen LogP contribution is 2.33. The molecule has 1 fully saturated rings. The van der Waals surface area contributed by atoms with Gasteiger partial charge in [-0.2, -0.15) is 0 Å². The monoisotopic (exact) mass is 292 g/mol. The van der Waals surface area contributed by atoms with Crippen LogP contribution < -0.4 is 0 Å². The molecule has 1 aliphatic rings. The third-order valence-electron chi connectivity index (χ3n) is 2.79. The van der Waals surface area contributed by atoms with E-state index >= 15 is 0 Å². The Morgan fingerprint density at radius 1 is 1.30 bits per heavy atom. The highest BCUT2D eigenvalue weighted by Gasteiger charge is 2.31. The fourth-order valence-corrected chi connectivity index (χ4v) is 2.93. The summed E-state index contributed by atoms with van der Waals surface area (Å²) in [5.74, 6) is -0.470. The second-order valence-corrected chi connectivity index (χ2v) is 5.17. The SMILES string of the molecule is CCN=C1S/C(=C\c2ccc(O)c(O)c2)C(=O)N1CC. The van der Waals surface area contributed by atoms with Crippen LogP contribution in [0.3, 0.4) is 0 Å². The summed E-state index contributed by atoms with van der Waals surface area (Å²) >= 11 is 1.32. The van der Waals surface area contributed by atoms with E-state index in [9.17, 15) is 15.0 Å². The van der Waals surface area contributed by atoms with Crippen LogP contribution in [0.4, 0.5) is 0 Å². The zero-order chi connectivity index (χ0) is 14.7. The number of amides is 1. The maximum Gasteiger partial charge on any atom is 0.266 e. The van der Waals surface area contributed by atoms with Gasteiger partial charge in [0.05, 0.1) is 4.91 Å². The Labute approximate surface area is 121 Å². The number of carbonyl (C=O) groups is 1. The number of likely N-dealkylation sites (N-methyl/N-ethyl adjacent to an activating group) is 1. The molecule has 0 bridgehead atoms. The Morgan fingerprint density at radius 3 is 2.65 bits per heavy atom. The standard InChI is InChI=1S/C14H16N2O3S/c1-3-15-14-16(4-2)13(19)12(20-14)8-9-5-6-10(17)11(18)7-9/h5-8,17-18H,3-4H2,1-2H3/b12-8-,15-14?. The number of hydrogen-bond donors (Lipinski definition) is 2. The number of benzene rings is 1. The van der Waals surface area contributed by atoms with Crippen molar-refractivity contribution < 1.29 is 15.0 Å². The Hall–Kier alpha value is -1.95. The maximum absolute atomic E-state index is 12.2. The van der Waals surface area contributed by atoms with Crippen molar-refractivity contribution in [3.8, 4) is 11.5 Å². The van der Waals surface area contributed by atoms with Crippen molar-refractivity contribution in [1.82, 2.24) is 4.90 Å². The molecule has 0 aliphatic carbocycles. The average Bonchev–Trinajstić information content (AvgIpc) is 2.70. The molecule has 1 aromatic rings. The maximum atomic E-state index is 12.2. The molecule has 0 radical (unpaired) electrons. The van der Waals surface area contributed by atoms with Crippen LogP contribution in [-0.2, 0) is 4.79 Å². The summed E-state index contributed by atoms with van der Waals surface area (Å²) in [6.45, 7) is 5.02. The smallest absolute Gasteiger partial charge is 0.266 e. The Morgan fingerprint density at radius 2 is 2.05 bits per heavy atom. The molecule has 0 aromatic heterocycles. The molecule has 1 saturated heterocycles. The number of aromatic hydroxyl groups is 2. The summed E-state index contributed by atoms with van der Waals surface area (Å²) in [6, 6.07) is 4.45. The second kappa shape index (κ2) is 6.00. The number of amidine groups is 1. The van der Waals surface area contributed by atoms with E-state index in [4.69, 9.17) is 0 Å². The van der Waals surface area contributed by atoms with E-state index in [-0.39, 0.29) is 17.4 Å². The lowest BCUT2D eigenvalue weighted by atomic mass is 10.2. The van der Waals surface area contributed by atoms with Gasteiger partial charge in [0.15, 0.2) is 16.7 Å². The first-order chi connectivity index (χ1) is 9.56. The molecule has 1 heterocycles. The van der Waals surface area contributed by atoms with E-state index in [2.05, 4.69) is 4.99 Å². The van der Waals surface area contributed by atoms with Crippen LogP contribution in [0.5, 0.6) is 11.5 Å². The van der Waals surface area contributed by atoms with Crippen molar-refractivity contribution in [2.45, 2.75) is 13.8 Å². The van der Waals surface area contributed by atoms with Gasteiger partial charge in [0.25, 0.3) is 5.91 Å². The molecule has 2 N–H and O–H groups in total. The molecule has 1 aliphatic heterocycles. The van der Waals surface area contributed by atoms with Gasteiger partial charge >= 0.3 is 0 Å². The Kier molecular flexibility index (Phi) is 4.34. The van der Waals surface area contributed by atoms with Gasteiger partial charge < -0.3 is 10.2 Å². The number of aliphatic imine (C=N–C) groups is 1. The van der Waals surface area contributed by atoms with Crippen LogP contribution in [0.15, 0.2) is 28.1 Å². The summed E-state index contributed by atoms with van der Waals surface area (Å²) in [5.41, 5.74) is 0.657. The van der Waals surface area contributed by atoms with E-state index in [1.165, 1.54) is 23.9 Å². The lowest BCUT2D eigenvalue weighted by Gasteiger charge is -2.11. The fourth-order valence-electron chi connectivity index (χ4n) is 1.82. The molecule has 0 saturated carbocycles. The van der Waals surface area contributed by atoms with Gasteiger partial charge in [0.1, 0.15) is 0 Å². The summed E-state index contributed by atoms with van der Waals surface area (Å²) in [5, 5.41) is 19.5. The number of nitrogens with zero attached hydrogens (tertiary/aromatic N) is 2. The minimum atomic E-state index is -0.204. The molecule has 0 atom stereocenters. The minimum absolute atomic E-state index is 0.0859. The molecular weight excluding hydrogens is 276 g/mol. The van der Waals surface area contributed by atoms with Crippen LogP contribution in [0.1, 0.15) is 19.4 Å². The van der Waals surface area contributed by atoms with Crippen LogP contribution in [-0.4, -0.2) is 39.3 Å². The van der Waals surface area contributed by atoms with Gasteiger partial charge in [-0.3, -0.25) is 14.7 Å². The molecule has 20 heavy (non-hydrogen) atoms. The van der Waals surface area contributed by atoms with Crippen molar-refractivity contribution >= 4 is 28.9 Å². The number of phenolic OH excluding ortho intramolecular Hbond substituents is 2. The van der Waals surface area contributed by atoms with E-state index in [1.54, 1.807) is 17.0 Å². The summed E-state index contributed by atoms with van der Waals surface area (Å²) in [4.78, 5) is 18.7. The van der Waals surface area contributed by atoms with Gasteiger partial charge in [-0.05, 0) is 49.4 Å². The van der Waals surface area contributed by atoms with Gasteiger partial charge in [-0.25, -0.2) is 0 Å². The largest absolute Gasteiger partial charge is 0.504 e. The summed E-state index contributed by atoms with van der Waals surface area (Å²) in [6.07, 6.45) is 1.69. The fraction of sp³-hybridized carbons (Fsp3) is 0.286. The molecule has 1 aromatic carbocycles. The third-order valence-corrected chi connectivity index (χ3v) is 3.84. The number of rotatable bonds is 3. The quantitative estimate of drug-likeness (QED) is 0.663. The molecule has 5 nitrogen and oxygen atoms in total. The van der Waals surface area contributed by atoms with Crippen LogP contribution in [0.25, 0.3) is 6.08 Å². The number of phenols is 2. The number of thioether (sulfide) groups is 1. The predicted octanol–water partition coefficient (Wildman–Crippen LogP) is 2.41. The van der Waals surface area contributed by atoms with Crippen molar-refractivity contribution in [3.05, 3.63) is 28.7 Å². The molecule has 2 rings (SSSR count). The number of carbonyl (C=O) groups excluding carboxylic acids is 1. The highest BCUT2D eigenvalue weighted by molar-refractivity contribution is 8.18. The minimum Gasteiger partial charge on any atom is -0.504 e. The normalized spacial score (nSPS) is 19.3. The van der Waals surface area contributed by atoms with E-state index in [1.807, 2.05) is 13.8 Å². The molecule has 0 spiro atoms. The van der Waals surface area contributed by atoms with E-state index in [0.717, 1.165) is 0 Å². The van der Waals surface area contributed by atoms with Crippen LogP contribution >= 0.6 is 11.8 Å². The third kappa shape index (κ3) is 2.80. The van der Waals surface area contributed by atoms with Crippen molar-refractivity contribution in [3.63, 3.8) is 0 Å². The van der Waals surface area contributed by atoms with Gasteiger partial charge in [-0.15, -0.1) is 0 Å². The zero-order valence-corrected chi connectivity index (χ0v) is 12.1. The lowest BCUT2D eigenvalue weighted by Crippen LogP contribution is -2.28. The number of hydrogen-bond acceptors (Lipinski definition) is 5. The highest BCUT2D eigenvalue weighted by atomic mass is 32.2. The Bertz CT molecular complexity index is 596. The van der Waals surface area contributed by atoms with Crippen molar-refractivity contribution in [1.29, 1.82) is 0 Å². The van der Waals surface area contributed by atoms with E-state index < -0.39 is 0 Å². The van der Waals surface area contributed by atoms with Gasteiger partial charge in [0, 0.05) is 13.1 Å². The predicted molar refractivity (Wildman–Crippen MR) is 80.7 cm³/mol. The van der Waals surface area contributed by atoms with Crippen LogP contribution in [0, 0.1) is 0 Å². The van der Waals surface area contributed by atoms with Crippen molar-refractivity contribution in [2.24, 2.45) is 4.99 Å². The molecule has 1 amide bonds. The van der Waals surface area contributed by atoms with Crippen LogP contribution in [0.2, 0.25) is 0 Å². The first kappa shape index (κ1) is 14.5. The zero-order valence-electron chi connectivity index (χ0n) is 11.3. The second-order valence-electron chi connectivity index (χ2n) is 4.17. The van der Waals surface area contributed by atoms with Crippen molar-refractivity contribution in [2.75, 3.05) is 13.1 Å².